The largest absolute Gasteiger partial charge is 0.489 e. The molecule has 3 nitrogen and oxygen atoms in total. The molecule has 1 fully saturated rings. The molecule has 3 aromatic carbocycles. The number of benzene rings is 3. The molecule has 4 rings (SSSR count). The fourth-order valence-corrected chi connectivity index (χ4v) is 3.99. The molecule has 1 aliphatic heterocycles. The van der Waals surface area contributed by atoms with Gasteiger partial charge in [-0.05, 0) is 41.2 Å². The molecular weight excluding hydrogens is 404 g/mol. The molecule has 1 aliphatic rings. The van der Waals surface area contributed by atoms with Crippen LogP contribution in [-0.2, 0) is 27.4 Å². The summed E-state index contributed by atoms with van der Waals surface area (Å²) in [6, 6.07) is 29.0. The van der Waals surface area contributed by atoms with Gasteiger partial charge in [0, 0.05) is 11.3 Å². The lowest BCUT2D eigenvalue weighted by atomic mass is 10.1. The summed E-state index contributed by atoms with van der Waals surface area (Å²) in [4.78, 5) is 1.26. The zero-order valence-electron chi connectivity index (χ0n) is 17.8. The smallest absolute Gasteiger partial charge is 0.148 e. The first-order chi connectivity index (χ1) is 15.3. The van der Waals surface area contributed by atoms with E-state index >= 15 is 0 Å². The maximum Gasteiger partial charge on any atom is 0.148 e. The van der Waals surface area contributed by atoms with Gasteiger partial charge in [-0.3, -0.25) is 0 Å². The zero-order chi connectivity index (χ0) is 21.3. The zero-order valence-corrected chi connectivity index (χ0v) is 18.6. The quantitative estimate of drug-likeness (QED) is 0.369. The fourth-order valence-electron chi connectivity index (χ4n) is 3.58. The predicted molar refractivity (Wildman–Crippen MR) is 127 cm³/mol. The first-order valence-corrected chi connectivity index (χ1v) is 11.8. The first kappa shape index (κ1) is 21.7. The van der Waals surface area contributed by atoms with Gasteiger partial charge in [-0.15, -0.1) is 11.8 Å². The molecule has 0 aliphatic carbocycles. The van der Waals surface area contributed by atoms with E-state index in [4.69, 9.17) is 14.2 Å². The molecule has 0 spiro atoms. The van der Waals surface area contributed by atoms with Crippen LogP contribution < -0.4 is 0 Å². The van der Waals surface area contributed by atoms with E-state index in [-0.39, 0.29) is 12.2 Å². The average Bonchev–Trinajstić information content (AvgIpc) is 3.21. The predicted octanol–water partition coefficient (Wildman–Crippen LogP) is 6.34. The Morgan fingerprint density at radius 3 is 2.16 bits per heavy atom. The van der Waals surface area contributed by atoms with Gasteiger partial charge >= 0.3 is 0 Å². The lowest BCUT2D eigenvalue weighted by Gasteiger charge is -2.19. The summed E-state index contributed by atoms with van der Waals surface area (Å²) >= 11 is 1.74. The molecule has 3 aromatic rings. The summed E-state index contributed by atoms with van der Waals surface area (Å²) < 4.78 is 18.5. The summed E-state index contributed by atoms with van der Waals surface area (Å²) in [5.41, 5.74) is 3.46. The third-order valence-corrected chi connectivity index (χ3v) is 6.01. The molecule has 160 valence electrons. The molecule has 1 saturated heterocycles. The number of hydrogen-bond donors (Lipinski definition) is 0. The highest BCUT2D eigenvalue weighted by molar-refractivity contribution is 7.98. The van der Waals surface area contributed by atoms with Crippen molar-refractivity contribution >= 4 is 17.8 Å². The maximum absolute atomic E-state index is 6.27. The van der Waals surface area contributed by atoms with E-state index in [1.165, 1.54) is 4.90 Å². The van der Waals surface area contributed by atoms with Gasteiger partial charge in [-0.25, -0.2) is 0 Å². The second-order valence-electron chi connectivity index (χ2n) is 7.58. The van der Waals surface area contributed by atoms with E-state index in [0.717, 1.165) is 28.9 Å². The highest BCUT2D eigenvalue weighted by Crippen LogP contribution is 2.29. The van der Waals surface area contributed by atoms with Crippen molar-refractivity contribution in [3.63, 3.8) is 0 Å². The summed E-state index contributed by atoms with van der Waals surface area (Å²) in [5, 5.41) is 0. The van der Waals surface area contributed by atoms with Gasteiger partial charge in [0.15, 0.2) is 0 Å². The van der Waals surface area contributed by atoms with Crippen molar-refractivity contribution in [2.24, 2.45) is 0 Å². The molecule has 0 amide bonds. The number of hydrogen-bond acceptors (Lipinski definition) is 4. The lowest BCUT2D eigenvalue weighted by Crippen LogP contribution is -2.29. The Balaban J connectivity index is 1.40. The number of ether oxygens (including phenoxy) is 3. The Labute approximate surface area is 189 Å². The van der Waals surface area contributed by atoms with Gasteiger partial charge in [0.2, 0.25) is 0 Å². The van der Waals surface area contributed by atoms with E-state index in [1.54, 1.807) is 11.8 Å². The summed E-state index contributed by atoms with van der Waals surface area (Å²) in [6.07, 6.45) is 4.79. The van der Waals surface area contributed by atoms with Crippen LogP contribution in [0.25, 0.3) is 6.08 Å². The van der Waals surface area contributed by atoms with Crippen LogP contribution in [0, 0.1) is 0 Å². The van der Waals surface area contributed by atoms with Crippen LogP contribution >= 0.6 is 11.8 Å². The highest BCUT2D eigenvalue weighted by Gasteiger charge is 2.33. The van der Waals surface area contributed by atoms with E-state index in [0.29, 0.717) is 19.8 Å². The minimum Gasteiger partial charge on any atom is -0.489 e. The minimum atomic E-state index is -0.121. The Morgan fingerprint density at radius 2 is 1.52 bits per heavy atom. The van der Waals surface area contributed by atoms with Crippen LogP contribution in [0.1, 0.15) is 23.1 Å². The summed E-state index contributed by atoms with van der Waals surface area (Å²) in [5.74, 6) is 0.947. The fraction of sp³-hybridized carbons (Fsp3) is 0.259. The Bertz CT molecular complexity index is 955. The van der Waals surface area contributed by atoms with E-state index in [1.807, 2.05) is 36.4 Å². The Morgan fingerprint density at radius 1 is 0.871 bits per heavy atom. The summed E-state index contributed by atoms with van der Waals surface area (Å²) in [6.45, 7) is 1.64. The maximum atomic E-state index is 6.27. The lowest BCUT2D eigenvalue weighted by molar-refractivity contribution is -0.0528. The van der Waals surface area contributed by atoms with Crippen molar-refractivity contribution in [3.05, 3.63) is 107 Å². The standard InChI is InChI=1S/C27H28O3S/c1-31-25-14-12-21(13-15-25)16-24-17-26(29-19-23-10-6-3-7-11-23)27(30-24)20-28-18-22-8-4-2-5-9-22/h2-16,26-27H,17-20H2,1H3/b24-16+/t26-,27+/m0/s1. The Kier molecular flexibility index (Phi) is 7.83. The second-order valence-corrected chi connectivity index (χ2v) is 8.46. The van der Waals surface area contributed by atoms with Crippen molar-refractivity contribution in [1.82, 2.24) is 0 Å². The van der Waals surface area contributed by atoms with Gasteiger partial charge in [0.25, 0.3) is 0 Å². The molecule has 2 atom stereocenters. The highest BCUT2D eigenvalue weighted by atomic mass is 32.2. The van der Waals surface area contributed by atoms with Crippen molar-refractivity contribution in [1.29, 1.82) is 0 Å². The van der Waals surface area contributed by atoms with E-state index in [2.05, 4.69) is 60.9 Å². The summed E-state index contributed by atoms with van der Waals surface area (Å²) in [7, 11) is 0. The molecular formula is C27H28O3S. The molecule has 1 heterocycles. The molecule has 0 N–H and O–H groups in total. The van der Waals surface area contributed by atoms with Crippen LogP contribution in [0.4, 0.5) is 0 Å². The molecule has 4 heteroatoms. The molecule has 0 radical (unpaired) electrons. The van der Waals surface area contributed by atoms with Gasteiger partial charge in [0.1, 0.15) is 12.2 Å². The molecule has 0 aromatic heterocycles. The molecule has 0 saturated carbocycles. The van der Waals surface area contributed by atoms with Crippen molar-refractivity contribution < 1.29 is 14.2 Å². The van der Waals surface area contributed by atoms with Crippen LogP contribution in [0.3, 0.4) is 0 Å². The van der Waals surface area contributed by atoms with Crippen LogP contribution in [0.15, 0.2) is 95.6 Å². The molecule has 0 bridgehead atoms. The van der Waals surface area contributed by atoms with Crippen LogP contribution in [0.5, 0.6) is 0 Å². The Hall–Kier alpha value is -2.53. The topological polar surface area (TPSA) is 27.7 Å². The number of rotatable bonds is 9. The normalized spacial score (nSPS) is 19.5. The van der Waals surface area contributed by atoms with Gasteiger partial charge < -0.3 is 14.2 Å². The van der Waals surface area contributed by atoms with Crippen molar-refractivity contribution in [3.8, 4) is 0 Å². The van der Waals surface area contributed by atoms with E-state index < -0.39 is 0 Å². The SMILES string of the molecule is CSc1ccc(/C=C2\C[C@H](OCc3ccccc3)[C@@H](COCc3ccccc3)O2)cc1. The third kappa shape index (κ3) is 6.47. The van der Waals surface area contributed by atoms with Crippen LogP contribution in [-0.4, -0.2) is 25.1 Å². The van der Waals surface area contributed by atoms with Gasteiger partial charge in [-0.1, -0.05) is 72.8 Å². The average molecular weight is 433 g/mol. The molecule has 0 unspecified atom stereocenters. The van der Waals surface area contributed by atoms with Crippen LogP contribution in [0.2, 0.25) is 0 Å². The van der Waals surface area contributed by atoms with Gasteiger partial charge in [0.05, 0.1) is 25.6 Å². The molecule has 31 heavy (non-hydrogen) atoms. The van der Waals surface area contributed by atoms with E-state index in [9.17, 15) is 0 Å². The van der Waals surface area contributed by atoms with Gasteiger partial charge in [-0.2, -0.15) is 0 Å². The first-order valence-electron chi connectivity index (χ1n) is 10.6. The number of thioether (sulfide) groups is 1. The van der Waals surface area contributed by atoms with Crippen molar-refractivity contribution in [2.75, 3.05) is 12.9 Å². The second kappa shape index (κ2) is 11.2. The van der Waals surface area contributed by atoms with Crippen molar-refractivity contribution in [2.45, 2.75) is 36.7 Å². The monoisotopic (exact) mass is 432 g/mol. The third-order valence-electron chi connectivity index (χ3n) is 5.26. The minimum absolute atomic E-state index is 0.0345.